The number of aromatic nitrogens is 1. The first kappa shape index (κ1) is 15.0. The molecule has 7 heteroatoms. The predicted octanol–water partition coefficient (Wildman–Crippen LogP) is 0.190. The Morgan fingerprint density at radius 2 is 2.00 bits per heavy atom. The minimum atomic E-state index is 0.0702. The number of piperazine rings is 1. The molecule has 0 spiro atoms. The van der Waals surface area contributed by atoms with E-state index >= 15 is 0 Å². The molecular formula is C14H19N5O2. The Morgan fingerprint density at radius 1 is 1.33 bits per heavy atom. The summed E-state index contributed by atoms with van der Waals surface area (Å²) in [6.07, 6.45) is 2.22. The zero-order chi connectivity index (χ0) is 15.2. The first-order valence-corrected chi connectivity index (χ1v) is 6.82. The highest BCUT2D eigenvalue weighted by Gasteiger charge is 2.23. The molecule has 1 aromatic heterocycles. The van der Waals surface area contributed by atoms with Crippen molar-refractivity contribution in [1.82, 2.24) is 14.8 Å². The maximum atomic E-state index is 11.4. The van der Waals surface area contributed by atoms with E-state index in [0.717, 1.165) is 5.56 Å². The third-order valence-corrected chi connectivity index (χ3v) is 3.48. The second-order valence-corrected chi connectivity index (χ2v) is 4.70. The number of anilines is 1. The second-order valence-electron chi connectivity index (χ2n) is 4.70. The van der Waals surface area contributed by atoms with Crippen LogP contribution in [0.25, 0.3) is 0 Å². The first-order valence-electron chi connectivity index (χ1n) is 6.82. The van der Waals surface area contributed by atoms with Crippen molar-refractivity contribution in [3.05, 3.63) is 23.9 Å². The zero-order valence-corrected chi connectivity index (χ0v) is 12.2. The zero-order valence-electron chi connectivity index (χ0n) is 12.2. The predicted molar refractivity (Wildman–Crippen MR) is 80.2 cm³/mol. The van der Waals surface area contributed by atoms with Gasteiger partial charge in [0.2, 0.25) is 12.3 Å². The quantitative estimate of drug-likeness (QED) is 0.488. The number of pyridine rings is 1. The molecule has 0 bridgehead atoms. The van der Waals surface area contributed by atoms with Crippen molar-refractivity contribution in [1.29, 1.82) is 0 Å². The lowest BCUT2D eigenvalue weighted by atomic mass is 10.2. The van der Waals surface area contributed by atoms with Crippen molar-refractivity contribution >= 4 is 24.0 Å². The Labute approximate surface area is 123 Å². The van der Waals surface area contributed by atoms with Gasteiger partial charge in [-0.05, 0) is 12.1 Å². The fourth-order valence-corrected chi connectivity index (χ4v) is 2.39. The highest BCUT2D eigenvalue weighted by Crippen LogP contribution is 2.16. The van der Waals surface area contributed by atoms with Gasteiger partial charge in [0.1, 0.15) is 11.7 Å². The molecule has 1 aliphatic rings. The molecule has 2 rings (SSSR count). The van der Waals surface area contributed by atoms with E-state index in [1.807, 2.05) is 17.0 Å². The van der Waals surface area contributed by atoms with Crippen LogP contribution in [0.2, 0.25) is 0 Å². The van der Waals surface area contributed by atoms with Crippen LogP contribution >= 0.6 is 0 Å². The van der Waals surface area contributed by atoms with Crippen molar-refractivity contribution in [2.75, 3.05) is 38.5 Å². The lowest BCUT2D eigenvalue weighted by Gasteiger charge is -2.36. The van der Waals surface area contributed by atoms with Crippen LogP contribution in [-0.4, -0.2) is 66.2 Å². The minimum absolute atomic E-state index is 0.0702. The molecule has 0 atom stereocenters. The molecule has 1 aromatic rings. The van der Waals surface area contributed by atoms with Gasteiger partial charge in [0, 0.05) is 46.3 Å². The monoisotopic (exact) mass is 289 g/mol. The Balaban J connectivity index is 2.23. The molecule has 2 heterocycles. The van der Waals surface area contributed by atoms with Gasteiger partial charge in [0.05, 0.1) is 5.56 Å². The Bertz CT molecular complexity index is 550. The van der Waals surface area contributed by atoms with Crippen LogP contribution in [-0.2, 0) is 9.59 Å². The number of hydrogen-bond acceptors (Lipinski definition) is 4. The van der Waals surface area contributed by atoms with E-state index in [1.165, 1.54) is 0 Å². The maximum Gasteiger partial charge on any atom is 0.234 e. The summed E-state index contributed by atoms with van der Waals surface area (Å²) in [4.78, 5) is 34.3. The van der Waals surface area contributed by atoms with Crippen molar-refractivity contribution < 1.29 is 9.59 Å². The smallest absolute Gasteiger partial charge is 0.234 e. The van der Waals surface area contributed by atoms with Crippen LogP contribution in [0.4, 0.5) is 5.82 Å². The standard InChI is InChI=1S/C14H19N5O2/c1-11(21)18-6-8-19(9-7-18)14(17-10-20)12-4-3-5-16-13(12)15-2/h3-5,10H,6-9H2,1-2H3,(H,15,16). The van der Waals surface area contributed by atoms with Crippen molar-refractivity contribution in [2.24, 2.45) is 4.99 Å². The molecule has 2 amide bonds. The number of amidine groups is 1. The van der Waals surface area contributed by atoms with E-state index < -0.39 is 0 Å². The van der Waals surface area contributed by atoms with Crippen LogP contribution in [0.15, 0.2) is 23.3 Å². The van der Waals surface area contributed by atoms with Crippen LogP contribution in [0.3, 0.4) is 0 Å². The Kier molecular flexibility index (Phi) is 4.86. The number of rotatable bonds is 3. The van der Waals surface area contributed by atoms with Crippen molar-refractivity contribution in [2.45, 2.75) is 6.92 Å². The van der Waals surface area contributed by atoms with Gasteiger partial charge in [-0.25, -0.2) is 4.98 Å². The summed E-state index contributed by atoms with van der Waals surface area (Å²) >= 11 is 0. The van der Waals surface area contributed by atoms with E-state index in [0.29, 0.717) is 44.2 Å². The van der Waals surface area contributed by atoms with Crippen LogP contribution in [0, 0.1) is 0 Å². The van der Waals surface area contributed by atoms with Gasteiger partial charge >= 0.3 is 0 Å². The number of amides is 2. The van der Waals surface area contributed by atoms with E-state index in [9.17, 15) is 9.59 Å². The number of nitrogens with one attached hydrogen (secondary N) is 1. The number of nitrogens with zero attached hydrogens (tertiary/aromatic N) is 4. The fourth-order valence-electron chi connectivity index (χ4n) is 2.39. The van der Waals surface area contributed by atoms with Crippen molar-refractivity contribution in [3.63, 3.8) is 0 Å². The average molecular weight is 289 g/mol. The summed E-state index contributed by atoms with van der Waals surface area (Å²) in [5.41, 5.74) is 0.781. The molecule has 0 radical (unpaired) electrons. The highest BCUT2D eigenvalue weighted by molar-refractivity contribution is 6.05. The number of aliphatic imine (C=N–C) groups is 1. The summed E-state index contributed by atoms with van der Waals surface area (Å²) in [6, 6.07) is 3.68. The molecule has 1 saturated heterocycles. The Hall–Kier alpha value is -2.44. The maximum absolute atomic E-state index is 11.4. The highest BCUT2D eigenvalue weighted by atomic mass is 16.2. The van der Waals surface area contributed by atoms with E-state index in [4.69, 9.17) is 0 Å². The van der Waals surface area contributed by atoms with Gasteiger partial charge < -0.3 is 15.1 Å². The summed E-state index contributed by atoms with van der Waals surface area (Å²) in [5.74, 6) is 1.33. The van der Waals surface area contributed by atoms with Gasteiger partial charge in [-0.1, -0.05) is 0 Å². The molecule has 1 N–H and O–H groups in total. The summed E-state index contributed by atoms with van der Waals surface area (Å²) in [7, 11) is 1.78. The van der Waals surface area contributed by atoms with E-state index in [1.54, 1.807) is 25.1 Å². The van der Waals surface area contributed by atoms with Crippen molar-refractivity contribution in [3.8, 4) is 0 Å². The van der Waals surface area contributed by atoms with Gasteiger partial charge in [-0.3, -0.25) is 9.59 Å². The molecule has 1 aliphatic heterocycles. The summed E-state index contributed by atoms with van der Waals surface area (Å²) < 4.78 is 0. The van der Waals surface area contributed by atoms with Crippen LogP contribution in [0.1, 0.15) is 12.5 Å². The minimum Gasteiger partial charge on any atom is -0.373 e. The normalized spacial score (nSPS) is 15.8. The van der Waals surface area contributed by atoms with Gasteiger partial charge in [-0.2, -0.15) is 4.99 Å². The summed E-state index contributed by atoms with van der Waals surface area (Å²) in [6.45, 7) is 4.11. The molecule has 1 fully saturated rings. The number of hydrogen-bond donors (Lipinski definition) is 1. The molecule has 0 aromatic carbocycles. The molecular weight excluding hydrogens is 270 g/mol. The third kappa shape index (κ3) is 3.36. The van der Waals surface area contributed by atoms with Gasteiger partial charge in [0.25, 0.3) is 0 Å². The summed E-state index contributed by atoms with van der Waals surface area (Å²) in [5, 5.41) is 3.00. The molecule has 0 aliphatic carbocycles. The number of carbonyl (C=O) groups excluding carboxylic acids is 2. The molecule has 0 unspecified atom stereocenters. The molecule has 21 heavy (non-hydrogen) atoms. The lowest BCUT2D eigenvalue weighted by Crippen LogP contribution is -2.50. The van der Waals surface area contributed by atoms with Crippen LogP contribution < -0.4 is 5.32 Å². The van der Waals surface area contributed by atoms with Crippen LogP contribution in [0.5, 0.6) is 0 Å². The number of carbonyl (C=O) groups is 2. The second kappa shape index (κ2) is 6.83. The third-order valence-electron chi connectivity index (χ3n) is 3.48. The Morgan fingerprint density at radius 3 is 2.57 bits per heavy atom. The SMILES string of the molecule is CNc1ncccc1C(=NC=O)N1CCN(C(C)=O)CC1. The molecule has 112 valence electrons. The topological polar surface area (TPSA) is 77.9 Å². The largest absolute Gasteiger partial charge is 0.373 e. The average Bonchev–Trinajstić information content (AvgIpc) is 2.52. The van der Waals surface area contributed by atoms with E-state index in [-0.39, 0.29) is 5.91 Å². The van der Waals surface area contributed by atoms with Gasteiger partial charge in [-0.15, -0.1) is 0 Å². The molecule has 7 nitrogen and oxygen atoms in total. The lowest BCUT2D eigenvalue weighted by molar-refractivity contribution is -0.130. The first-order chi connectivity index (χ1) is 10.2. The van der Waals surface area contributed by atoms with Gasteiger partial charge in [0.15, 0.2) is 0 Å². The fraction of sp³-hybridized carbons (Fsp3) is 0.429. The molecule has 0 saturated carbocycles. The van der Waals surface area contributed by atoms with E-state index in [2.05, 4.69) is 15.3 Å².